The van der Waals surface area contributed by atoms with Crippen molar-refractivity contribution in [2.45, 2.75) is 71.0 Å². The second kappa shape index (κ2) is 18.5. The molecule has 1 amide bonds. The van der Waals surface area contributed by atoms with Crippen LogP contribution < -0.4 is 16.2 Å². The van der Waals surface area contributed by atoms with Crippen LogP contribution in [0.4, 0.5) is 5.82 Å². The van der Waals surface area contributed by atoms with E-state index < -0.39 is 0 Å². The van der Waals surface area contributed by atoms with E-state index in [0.29, 0.717) is 56.4 Å². The topological polar surface area (TPSA) is 152 Å². The quantitative estimate of drug-likeness (QED) is 0.116. The van der Waals surface area contributed by atoms with Crippen molar-refractivity contribution in [2.24, 2.45) is 0 Å². The molecule has 0 saturated carbocycles. The van der Waals surface area contributed by atoms with Gasteiger partial charge in [0.25, 0.3) is 0 Å². The van der Waals surface area contributed by atoms with Gasteiger partial charge in [0.15, 0.2) is 11.5 Å². The number of imidazole rings is 1. The van der Waals surface area contributed by atoms with Gasteiger partial charge < -0.3 is 30.0 Å². The number of nitrogen functional groups attached to an aromatic ring is 1. The zero-order valence-corrected chi connectivity index (χ0v) is 30.2. The van der Waals surface area contributed by atoms with Crippen LogP contribution in [0.15, 0.2) is 59.4 Å². The third-order valence-electron chi connectivity index (χ3n) is 9.57. The molecule has 13 nitrogen and oxygen atoms in total. The van der Waals surface area contributed by atoms with Crippen molar-refractivity contribution < 1.29 is 19.1 Å². The Bertz CT molecular complexity index is 1770. The average molecular weight is 701 g/mol. The van der Waals surface area contributed by atoms with Gasteiger partial charge in [-0.15, -0.1) is 0 Å². The van der Waals surface area contributed by atoms with Crippen molar-refractivity contribution in [1.82, 2.24) is 34.2 Å². The number of benzene rings is 2. The fraction of sp³-hybridized carbons (Fsp3) is 0.500. The van der Waals surface area contributed by atoms with Crippen LogP contribution in [0, 0.1) is 0 Å². The number of nitrogens with two attached hydrogens (primary N) is 1. The SMILES string of the molecule is CCCCOc1nc(N)c2[nH]c(=O)n(CCCN(Cc3ccc(CC(=O)OC)cc3)C(=O)CN(CCc3ccccc3)C3CCN(C)CC3)c2n1. The largest absolute Gasteiger partial charge is 0.469 e. The average Bonchev–Trinajstić information content (AvgIpc) is 3.46. The van der Waals surface area contributed by atoms with Crippen molar-refractivity contribution in [3.8, 4) is 6.01 Å². The van der Waals surface area contributed by atoms with Gasteiger partial charge in [-0.25, -0.2) is 4.79 Å². The van der Waals surface area contributed by atoms with Gasteiger partial charge >= 0.3 is 17.7 Å². The highest BCUT2D eigenvalue weighted by Crippen LogP contribution is 2.20. The molecular weight excluding hydrogens is 648 g/mol. The Hall–Kier alpha value is -4.75. The van der Waals surface area contributed by atoms with E-state index in [1.54, 1.807) is 0 Å². The summed E-state index contributed by atoms with van der Waals surface area (Å²) in [6, 6.07) is 18.6. The molecule has 0 bridgehead atoms. The Balaban J connectivity index is 1.34. The normalized spacial score (nSPS) is 13.9. The van der Waals surface area contributed by atoms with Crippen molar-refractivity contribution in [3.63, 3.8) is 0 Å². The number of amides is 1. The zero-order valence-electron chi connectivity index (χ0n) is 30.2. The lowest BCUT2D eigenvalue weighted by molar-refractivity contribution is -0.139. The number of aromatic nitrogens is 4. The molecule has 1 aliphatic heterocycles. The first-order chi connectivity index (χ1) is 24.7. The van der Waals surface area contributed by atoms with E-state index >= 15 is 0 Å². The summed E-state index contributed by atoms with van der Waals surface area (Å²) < 4.78 is 12.1. The lowest BCUT2D eigenvalue weighted by atomic mass is 10.0. The van der Waals surface area contributed by atoms with E-state index in [9.17, 15) is 14.4 Å². The summed E-state index contributed by atoms with van der Waals surface area (Å²) in [6.07, 6.45) is 5.39. The highest BCUT2D eigenvalue weighted by molar-refractivity contribution is 5.82. The molecule has 5 rings (SSSR count). The van der Waals surface area contributed by atoms with Gasteiger partial charge in [0.05, 0.1) is 26.7 Å². The maximum Gasteiger partial charge on any atom is 0.327 e. The number of hydrogen-bond acceptors (Lipinski definition) is 10. The highest BCUT2D eigenvalue weighted by Gasteiger charge is 2.27. The van der Waals surface area contributed by atoms with Gasteiger partial charge in [-0.05, 0) is 68.9 Å². The van der Waals surface area contributed by atoms with Crippen molar-refractivity contribution in [1.29, 1.82) is 0 Å². The molecule has 2 aromatic heterocycles. The first-order valence-electron chi connectivity index (χ1n) is 18.0. The molecule has 1 fully saturated rings. The smallest absolute Gasteiger partial charge is 0.327 e. The highest BCUT2D eigenvalue weighted by atomic mass is 16.5. The molecule has 0 radical (unpaired) electrons. The number of anilines is 1. The van der Waals surface area contributed by atoms with Crippen molar-refractivity contribution in [3.05, 3.63) is 81.8 Å². The van der Waals surface area contributed by atoms with Crippen LogP contribution in [0.2, 0.25) is 0 Å². The van der Waals surface area contributed by atoms with Crippen molar-refractivity contribution in [2.75, 3.05) is 59.2 Å². The summed E-state index contributed by atoms with van der Waals surface area (Å²) in [5, 5.41) is 0. The van der Waals surface area contributed by atoms with E-state index in [1.807, 2.05) is 35.2 Å². The molecule has 3 N–H and O–H groups in total. The molecular formula is C38H52N8O5. The molecule has 1 saturated heterocycles. The number of carbonyl (C=O) groups is 2. The Morgan fingerprint density at radius 2 is 1.71 bits per heavy atom. The number of piperidine rings is 1. The second-order valence-corrected chi connectivity index (χ2v) is 13.4. The fourth-order valence-corrected chi connectivity index (χ4v) is 6.49. The molecule has 0 spiro atoms. The zero-order chi connectivity index (χ0) is 36.2. The van der Waals surface area contributed by atoms with Gasteiger partial charge in [-0.3, -0.25) is 19.1 Å². The number of ether oxygens (including phenoxy) is 2. The number of methoxy groups -OCH3 is 1. The Morgan fingerprint density at radius 1 is 0.980 bits per heavy atom. The predicted molar refractivity (Wildman–Crippen MR) is 197 cm³/mol. The maximum atomic E-state index is 14.3. The lowest BCUT2D eigenvalue weighted by Gasteiger charge is -2.38. The molecule has 0 atom stereocenters. The number of rotatable bonds is 18. The number of unbranched alkanes of at least 4 members (excludes halogenated alkanes) is 1. The number of likely N-dealkylation sites (tertiary alicyclic amines) is 1. The van der Waals surface area contributed by atoms with Gasteiger partial charge in [-0.2, -0.15) is 9.97 Å². The number of aryl methyl sites for hydroxylation is 1. The number of nitrogens with one attached hydrogen (secondary N) is 1. The van der Waals surface area contributed by atoms with Crippen LogP contribution in [0.1, 0.15) is 55.7 Å². The summed E-state index contributed by atoms with van der Waals surface area (Å²) in [5.41, 5.74) is 9.62. The molecule has 0 aliphatic carbocycles. The monoisotopic (exact) mass is 700 g/mol. The summed E-state index contributed by atoms with van der Waals surface area (Å²) in [4.78, 5) is 57.2. The third-order valence-corrected chi connectivity index (χ3v) is 9.57. The van der Waals surface area contributed by atoms with Gasteiger partial charge in [0, 0.05) is 32.2 Å². The van der Waals surface area contributed by atoms with Crippen LogP contribution in [0.25, 0.3) is 11.2 Å². The minimum atomic E-state index is -0.342. The number of esters is 1. The number of H-pyrrole nitrogens is 1. The maximum absolute atomic E-state index is 14.3. The Kier molecular flexibility index (Phi) is 13.6. The lowest BCUT2D eigenvalue weighted by Crippen LogP contribution is -2.49. The van der Waals surface area contributed by atoms with E-state index in [2.05, 4.69) is 63.0 Å². The van der Waals surface area contributed by atoms with E-state index in [-0.39, 0.29) is 35.8 Å². The first-order valence-corrected chi connectivity index (χ1v) is 18.0. The van der Waals surface area contributed by atoms with E-state index in [0.717, 1.165) is 62.9 Å². The molecule has 13 heteroatoms. The number of hydrogen-bond donors (Lipinski definition) is 2. The molecule has 4 aromatic rings. The summed E-state index contributed by atoms with van der Waals surface area (Å²) >= 11 is 0. The second-order valence-electron chi connectivity index (χ2n) is 13.4. The number of aromatic amines is 1. The summed E-state index contributed by atoms with van der Waals surface area (Å²) in [6.45, 7) is 6.74. The molecule has 3 heterocycles. The van der Waals surface area contributed by atoms with Crippen LogP contribution >= 0.6 is 0 Å². The van der Waals surface area contributed by atoms with Gasteiger partial charge in [-0.1, -0.05) is 67.9 Å². The molecule has 2 aromatic carbocycles. The number of nitrogens with zero attached hydrogens (tertiary/aromatic N) is 6. The van der Waals surface area contributed by atoms with E-state index in [4.69, 9.17) is 15.2 Å². The molecule has 274 valence electrons. The summed E-state index contributed by atoms with van der Waals surface area (Å²) in [5.74, 6) is -0.118. The van der Waals surface area contributed by atoms with Crippen LogP contribution in [0.5, 0.6) is 6.01 Å². The minimum Gasteiger partial charge on any atom is -0.469 e. The Labute approximate surface area is 299 Å². The predicted octanol–water partition coefficient (Wildman–Crippen LogP) is 3.65. The standard InChI is InChI=1S/C38H52N8O5/c1-4-5-24-51-37-41-35(39)34-36(42-37)46(38(49)40-34)20-9-19-45(26-30-14-12-29(13-15-30)25-33(48)50-3)32(47)27-44(31-17-21-43(2)22-18-31)23-16-28-10-7-6-8-11-28/h6-8,10-15,31H,4-5,9,16-27H2,1-3H3,(H,40,49)(H2,39,41,42). The van der Waals surface area contributed by atoms with Gasteiger partial charge in [0.2, 0.25) is 5.91 Å². The molecule has 51 heavy (non-hydrogen) atoms. The first kappa shape index (κ1) is 37.5. The van der Waals surface area contributed by atoms with Gasteiger partial charge in [0.1, 0.15) is 5.52 Å². The number of carbonyl (C=O) groups excluding carboxylic acids is 2. The molecule has 0 unspecified atom stereocenters. The van der Waals surface area contributed by atoms with E-state index in [1.165, 1.54) is 17.2 Å². The number of fused-ring (bicyclic) bond motifs is 1. The van der Waals surface area contributed by atoms with Crippen LogP contribution in [0.3, 0.4) is 0 Å². The van der Waals surface area contributed by atoms with Crippen molar-refractivity contribution >= 4 is 28.9 Å². The summed E-state index contributed by atoms with van der Waals surface area (Å²) in [7, 11) is 3.52. The molecule has 1 aliphatic rings. The van der Waals surface area contributed by atoms with Crippen LogP contribution in [-0.2, 0) is 40.3 Å². The fourth-order valence-electron chi connectivity index (χ4n) is 6.49. The van der Waals surface area contributed by atoms with Crippen LogP contribution in [-0.4, -0.2) is 106 Å². The minimum absolute atomic E-state index is 0.0325. The third kappa shape index (κ3) is 10.6. The Morgan fingerprint density at radius 3 is 2.41 bits per heavy atom.